The van der Waals surface area contributed by atoms with Crippen LogP contribution >= 0.6 is 15.9 Å². The van der Waals surface area contributed by atoms with Crippen molar-refractivity contribution in [1.29, 1.82) is 0 Å². The van der Waals surface area contributed by atoms with Crippen LogP contribution in [0.5, 0.6) is 0 Å². The van der Waals surface area contributed by atoms with Gasteiger partial charge in [-0.25, -0.2) is 9.59 Å². The largest absolute Gasteiger partial charge is 0.465 e. The van der Waals surface area contributed by atoms with E-state index in [9.17, 15) is 14.4 Å². The summed E-state index contributed by atoms with van der Waals surface area (Å²) in [6.45, 7) is 0. The van der Waals surface area contributed by atoms with Crippen molar-refractivity contribution < 1.29 is 28.3 Å². The zero-order valence-electron chi connectivity index (χ0n) is 13.4. The number of nitrogens with one attached hydrogen (secondary N) is 1. The van der Waals surface area contributed by atoms with Crippen molar-refractivity contribution >= 4 is 45.5 Å². The van der Waals surface area contributed by atoms with Crippen molar-refractivity contribution in [3.8, 4) is 0 Å². The lowest BCUT2D eigenvalue weighted by atomic mass is 10.1. The predicted molar refractivity (Wildman–Crippen MR) is 93.2 cm³/mol. The van der Waals surface area contributed by atoms with Gasteiger partial charge in [0.25, 0.3) is 0 Å². The molecule has 0 saturated heterocycles. The standard InChI is InChI=1S/C17H14BrNO6/c1-23-16(21)10-3-6-12(17(22)24-2)13(9-10)19-15(20)8-5-11-4-7-14(18)25-11/h3-9H,1-2H3,(H,19,20). The van der Waals surface area contributed by atoms with Crippen LogP contribution in [0, 0.1) is 0 Å². The lowest BCUT2D eigenvalue weighted by molar-refractivity contribution is -0.111. The van der Waals surface area contributed by atoms with Crippen LogP contribution in [0.25, 0.3) is 6.08 Å². The van der Waals surface area contributed by atoms with Gasteiger partial charge in [-0.05, 0) is 52.3 Å². The van der Waals surface area contributed by atoms with E-state index in [1.54, 1.807) is 12.1 Å². The topological polar surface area (TPSA) is 94.8 Å². The van der Waals surface area contributed by atoms with Crippen LogP contribution in [0.15, 0.2) is 45.5 Å². The molecule has 1 aromatic heterocycles. The number of carbonyl (C=O) groups excluding carboxylic acids is 3. The van der Waals surface area contributed by atoms with Crippen LogP contribution in [-0.2, 0) is 14.3 Å². The normalized spacial score (nSPS) is 10.5. The Morgan fingerprint density at radius 2 is 1.80 bits per heavy atom. The van der Waals surface area contributed by atoms with E-state index in [0.717, 1.165) is 0 Å². The van der Waals surface area contributed by atoms with Crippen LogP contribution in [-0.4, -0.2) is 32.1 Å². The maximum absolute atomic E-state index is 12.1. The number of carbonyl (C=O) groups is 3. The van der Waals surface area contributed by atoms with E-state index in [2.05, 4.69) is 30.7 Å². The number of esters is 2. The molecule has 0 atom stereocenters. The van der Waals surface area contributed by atoms with Gasteiger partial charge in [-0.1, -0.05) is 0 Å². The maximum Gasteiger partial charge on any atom is 0.339 e. The number of halogens is 1. The fraction of sp³-hybridized carbons (Fsp3) is 0.118. The number of benzene rings is 1. The smallest absolute Gasteiger partial charge is 0.339 e. The Balaban J connectivity index is 2.25. The molecule has 0 saturated carbocycles. The van der Waals surface area contributed by atoms with Crippen molar-refractivity contribution in [1.82, 2.24) is 0 Å². The third kappa shape index (κ3) is 4.80. The summed E-state index contributed by atoms with van der Waals surface area (Å²) < 4.78 is 15.1. The van der Waals surface area contributed by atoms with Gasteiger partial charge in [0.15, 0.2) is 4.67 Å². The summed E-state index contributed by atoms with van der Waals surface area (Å²) in [4.78, 5) is 35.5. The van der Waals surface area contributed by atoms with Gasteiger partial charge in [-0.3, -0.25) is 4.79 Å². The molecule has 0 spiro atoms. The van der Waals surface area contributed by atoms with Gasteiger partial charge < -0.3 is 19.2 Å². The molecule has 25 heavy (non-hydrogen) atoms. The van der Waals surface area contributed by atoms with E-state index in [4.69, 9.17) is 4.42 Å². The van der Waals surface area contributed by atoms with Gasteiger partial charge in [0.05, 0.1) is 31.0 Å². The monoisotopic (exact) mass is 407 g/mol. The molecule has 1 heterocycles. The van der Waals surface area contributed by atoms with Crippen molar-refractivity contribution in [3.05, 3.63) is 58.0 Å². The van der Waals surface area contributed by atoms with Crippen LogP contribution in [0.2, 0.25) is 0 Å². The molecule has 8 heteroatoms. The van der Waals surface area contributed by atoms with Gasteiger partial charge in [0.2, 0.25) is 5.91 Å². The molecule has 2 rings (SSSR count). The quantitative estimate of drug-likeness (QED) is 0.603. The number of anilines is 1. The third-order valence-electron chi connectivity index (χ3n) is 3.10. The number of hydrogen-bond acceptors (Lipinski definition) is 6. The Morgan fingerprint density at radius 1 is 1.08 bits per heavy atom. The molecular weight excluding hydrogens is 394 g/mol. The Kier molecular flexibility index (Phi) is 6.13. The molecule has 0 aliphatic carbocycles. The zero-order chi connectivity index (χ0) is 18.4. The first-order valence-electron chi connectivity index (χ1n) is 6.99. The lowest BCUT2D eigenvalue weighted by Gasteiger charge is -2.10. The maximum atomic E-state index is 12.1. The highest BCUT2D eigenvalue weighted by molar-refractivity contribution is 9.10. The van der Waals surface area contributed by atoms with Crippen molar-refractivity contribution in [2.45, 2.75) is 0 Å². The number of methoxy groups -OCH3 is 2. The molecule has 1 aromatic carbocycles. The fourth-order valence-electron chi connectivity index (χ4n) is 1.93. The Bertz CT molecular complexity index is 839. The van der Waals surface area contributed by atoms with Crippen LogP contribution < -0.4 is 5.32 Å². The van der Waals surface area contributed by atoms with Gasteiger partial charge in [-0.15, -0.1) is 0 Å². The van der Waals surface area contributed by atoms with Crippen molar-refractivity contribution in [2.75, 3.05) is 19.5 Å². The molecule has 0 radical (unpaired) electrons. The zero-order valence-corrected chi connectivity index (χ0v) is 15.0. The highest BCUT2D eigenvalue weighted by Crippen LogP contribution is 2.20. The minimum Gasteiger partial charge on any atom is -0.465 e. The number of ether oxygens (including phenoxy) is 2. The van der Waals surface area contributed by atoms with Crippen molar-refractivity contribution in [2.24, 2.45) is 0 Å². The first kappa shape index (κ1) is 18.5. The molecule has 0 aliphatic rings. The summed E-state index contributed by atoms with van der Waals surface area (Å²) in [7, 11) is 2.45. The van der Waals surface area contributed by atoms with E-state index >= 15 is 0 Å². The van der Waals surface area contributed by atoms with Crippen LogP contribution in [0.3, 0.4) is 0 Å². The molecule has 2 aromatic rings. The molecule has 1 amide bonds. The molecular formula is C17H14BrNO6. The summed E-state index contributed by atoms with van der Waals surface area (Å²) in [5.74, 6) is -1.29. The molecule has 0 fully saturated rings. The number of amides is 1. The number of hydrogen-bond donors (Lipinski definition) is 1. The first-order valence-corrected chi connectivity index (χ1v) is 7.79. The summed E-state index contributed by atoms with van der Waals surface area (Å²) >= 11 is 3.16. The van der Waals surface area contributed by atoms with Gasteiger partial charge in [-0.2, -0.15) is 0 Å². The molecule has 1 N–H and O–H groups in total. The lowest BCUT2D eigenvalue weighted by Crippen LogP contribution is -2.14. The van der Waals surface area contributed by atoms with Crippen molar-refractivity contribution in [3.63, 3.8) is 0 Å². The highest BCUT2D eigenvalue weighted by atomic mass is 79.9. The predicted octanol–water partition coefficient (Wildman–Crippen LogP) is 3.27. The molecule has 0 bridgehead atoms. The van der Waals surface area contributed by atoms with E-state index in [1.165, 1.54) is 44.6 Å². The second-order valence-electron chi connectivity index (χ2n) is 4.71. The highest BCUT2D eigenvalue weighted by Gasteiger charge is 2.16. The summed E-state index contributed by atoms with van der Waals surface area (Å²) in [5.41, 5.74) is 0.423. The molecule has 7 nitrogen and oxygen atoms in total. The average molecular weight is 408 g/mol. The average Bonchev–Trinajstić information content (AvgIpc) is 3.04. The molecule has 130 valence electrons. The number of furan rings is 1. The summed E-state index contributed by atoms with van der Waals surface area (Å²) in [6, 6.07) is 7.48. The fourth-order valence-corrected chi connectivity index (χ4v) is 2.25. The SMILES string of the molecule is COC(=O)c1ccc(C(=O)OC)c(NC(=O)C=Cc2ccc(Br)o2)c1. The third-order valence-corrected chi connectivity index (χ3v) is 3.52. The summed E-state index contributed by atoms with van der Waals surface area (Å²) in [6.07, 6.45) is 2.69. The van der Waals surface area contributed by atoms with Crippen LogP contribution in [0.1, 0.15) is 26.5 Å². The Hall–Kier alpha value is -2.87. The Labute approximate surface area is 151 Å². The van der Waals surface area contributed by atoms with Gasteiger partial charge >= 0.3 is 11.9 Å². The summed E-state index contributed by atoms with van der Waals surface area (Å²) in [5, 5.41) is 2.53. The van der Waals surface area contributed by atoms with E-state index in [-0.39, 0.29) is 16.8 Å². The minimum absolute atomic E-state index is 0.109. The molecule has 0 unspecified atom stereocenters. The van der Waals surface area contributed by atoms with Gasteiger partial charge in [0.1, 0.15) is 5.76 Å². The van der Waals surface area contributed by atoms with E-state index < -0.39 is 17.8 Å². The second-order valence-corrected chi connectivity index (χ2v) is 5.49. The second kappa shape index (κ2) is 8.29. The van der Waals surface area contributed by atoms with Crippen LogP contribution in [0.4, 0.5) is 5.69 Å². The van der Waals surface area contributed by atoms with E-state index in [0.29, 0.717) is 10.4 Å². The minimum atomic E-state index is -0.648. The van der Waals surface area contributed by atoms with E-state index in [1.807, 2.05) is 0 Å². The molecule has 0 aliphatic heterocycles. The Morgan fingerprint density at radius 3 is 2.40 bits per heavy atom. The first-order chi connectivity index (χ1) is 11.9. The number of rotatable bonds is 5. The van der Waals surface area contributed by atoms with Gasteiger partial charge in [0, 0.05) is 6.08 Å².